The Balaban J connectivity index is 1.15. The minimum Gasteiger partial charge on any atom is -0.451 e. The van der Waals surface area contributed by atoms with Crippen LogP contribution >= 0.6 is 11.3 Å². The third kappa shape index (κ3) is 3.75. The molecule has 4 fully saturated rings. The van der Waals surface area contributed by atoms with Crippen LogP contribution in [0, 0.1) is 29.1 Å². The Morgan fingerprint density at radius 3 is 2.52 bits per heavy atom. The summed E-state index contributed by atoms with van der Waals surface area (Å²) in [6, 6.07) is 2.14. The van der Waals surface area contributed by atoms with Gasteiger partial charge in [0.2, 0.25) is 0 Å². The van der Waals surface area contributed by atoms with Gasteiger partial charge in [-0.05, 0) is 105 Å². The maximum atomic E-state index is 12.5. The van der Waals surface area contributed by atoms with Gasteiger partial charge in [-0.25, -0.2) is 4.79 Å². The number of rotatable bonds is 5. The quantitative estimate of drug-likeness (QED) is 0.706. The van der Waals surface area contributed by atoms with E-state index in [-0.39, 0.29) is 29.9 Å². The fourth-order valence-corrected chi connectivity index (χ4v) is 8.25. The predicted octanol–water partition coefficient (Wildman–Crippen LogP) is 4.75. The molecule has 1 aromatic heterocycles. The van der Waals surface area contributed by atoms with Crippen LogP contribution in [0.15, 0.2) is 6.07 Å². The molecule has 29 heavy (non-hydrogen) atoms. The van der Waals surface area contributed by atoms with Crippen LogP contribution in [-0.2, 0) is 22.4 Å². The smallest absolute Gasteiger partial charge is 0.348 e. The molecule has 5 aliphatic rings. The molecule has 6 rings (SSSR count). The molecule has 5 heteroatoms. The van der Waals surface area contributed by atoms with Crippen LogP contribution in [0.25, 0.3) is 0 Å². The lowest BCUT2D eigenvalue weighted by Crippen LogP contribution is -2.56. The first-order valence-corrected chi connectivity index (χ1v) is 12.3. The number of aryl methyl sites for hydroxylation is 1. The number of carbonyl (C=O) groups is 2. The average molecular weight is 416 g/mol. The predicted molar refractivity (Wildman–Crippen MR) is 114 cm³/mol. The molecule has 0 aliphatic heterocycles. The van der Waals surface area contributed by atoms with Crippen LogP contribution in [-0.4, -0.2) is 24.5 Å². The molecule has 1 N–H and O–H groups in total. The highest BCUT2D eigenvalue weighted by atomic mass is 32.1. The van der Waals surface area contributed by atoms with E-state index in [1.54, 1.807) is 11.3 Å². The normalized spacial score (nSPS) is 35.8. The number of hydrogen-bond acceptors (Lipinski definition) is 4. The molecule has 1 amide bonds. The van der Waals surface area contributed by atoms with Gasteiger partial charge in [-0.1, -0.05) is 6.92 Å². The molecular formula is C24H33NO3S. The van der Waals surface area contributed by atoms with Gasteiger partial charge in [0.05, 0.1) is 0 Å². The van der Waals surface area contributed by atoms with Crippen molar-refractivity contribution in [3.8, 4) is 0 Å². The number of esters is 1. The Kier molecular flexibility index (Phi) is 5.00. The lowest BCUT2D eigenvalue weighted by Gasteiger charge is -2.59. The van der Waals surface area contributed by atoms with Gasteiger partial charge >= 0.3 is 5.97 Å². The lowest BCUT2D eigenvalue weighted by atomic mass is 9.48. The Morgan fingerprint density at radius 2 is 1.86 bits per heavy atom. The third-order valence-corrected chi connectivity index (χ3v) is 9.46. The lowest BCUT2D eigenvalue weighted by molar-refractivity contribution is -0.128. The number of hydrogen-bond donors (Lipinski definition) is 1. The van der Waals surface area contributed by atoms with Crippen molar-refractivity contribution >= 4 is 23.2 Å². The van der Waals surface area contributed by atoms with Crippen LogP contribution in [0.1, 0.15) is 78.9 Å². The maximum absolute atomic E-state index is 12.5. The number of carbonyl (C=O) groups excluding carboxylic acids is 2. The van der Waals surface area contributed by atoms with Gasteiger partial charge in [0.1, 0.15) is 4.88 Å². The van der Waals surface area contributed by atoms with E-state index in [0.717, 1.165) is 30.6 Å². The van der Waals surface area contributed by atoms with Crippen molar-refractivity contribution in [2.24, 2.45) is 29.1 Å². The van der Waals surface area contributed by atoms with E-state index in [1.807, 2.05) is 6.07 Å². The van der Waals surface area contributed by atoms with Gasteiger partial charge in [0.25, 0.3) is 5.91 Å². The average Bonchev–Trinajstić information content (AvgIpc) is 3.08. The van der Waals surface area contributed by atoms with Gasteiger partial charge in [-0.3, -0.25) is 4.79 Å². The van der Waals surface area contributed by atoms with Gasteiger partial charge in [-0.2, -0.15) is 0 Å². The monoisotopic (exact) mass is 415 g/mol. The number of amides is 1. The van der Waals surface area contributed by atoms with E-state index in [2.05, 4.69) is 19.2 Å². The molecule has 2 unspecified atom stereocenters. The Bertz CT molecular complexity index is 778. The fraction of sp³-hybridized carbons (Fsp3) is 0.750. The summed E-state index contributed by atoms with van der Waals surface area (Å²) in [5.41, 5.74) is 1.57. The molecule has 4 nitrogen and oxygen atoms in total. The summed E-state index contributed by atoms with van der Waals surface area (Å²) in [6.07, 6.45) is 11.3. The van der Waals surface area contributed by atoms with E-state index < -0.39 is 0 Å². The number of ether oxygens (including phenoxy) is 1. The van der Waals surface area contributed by atoms with Gasteiger partial charge in [0, 0.05) is 10.9 Å². The minimum atomic E-state index is -0.352. The zero-order chi connectivity index (χ0) is 20.2. The minimum absolute atomic E-state index is 0.156. The number of fused-ring (bicyclic) bond motifs is 1. The zero-order valence-electron chi connectivity index (χ0n) is 17.7. The second-order valence-corrected chi connectivity index (χ2v) is 11.7. The summed E-state index contributed by atoms with van der Waals surface area (Å²) in [5, 5.41) is 3.19. The van der Waals surface area contributed by atoms with E-state index in [9.17, 15) is 9.59 Å². The highest BCUT2D eigenvalue weighted by Gasteiger charge is 2.53. The molecule has 158 valence electrons. The Hall–Kier alpha value is -1.36. The molecule has 2 atom stereocenters. The fourth-order valence-electron chi connectivity index (χ4n) is 7.15. The standard InChI is InChI=1S/C24H33NO3S/c1-14-3-4-20-19(5-14)9-21(29-20)23(27)28-13-22(26)25-15(2)24-10-16-6-17(11-24)8-18(7-16)12-24/h9,14-18H,3-8,10-13H2,1-2H3,(H,25,26). The van der Waals surface area contributed by atoms with Crippen molar-refractivity contribution < 1.29 is 14.3 Å². The molecule has 4 bridgehead atoms. The van der Waals surface area contributed by atoms with Gasteiger partial charge < -0.3 is 10.1 Å². The molecular weight excluding hydrogens is 382 g/mol. The summed E-state index contributed by atoms with van der Waals surface area (Å²) in [7, 11) is 0. The molecule has 0 aromatic carbocycles. The third-order valence-electron chi connectivity index (χ3n) is 8.25. The van der Waals surface area contributed by atoms with Gasteiger partial charge in [0.15, 0.2) is 6.61 Å². The van der Waals surface area contributed by atoms with Crippen molar-refractivity contribution in [2.75, 3.05) is 6.61 Å². The van der Waals surface area contributed by atoms with E-state index in [1.165, 1.54) is 55.4 Å². The Labute approximate surface area is 177 Å². The van der Waals surface area contributed by atoms with E-state index in [0.29, 0.717) is 10.8 Å². The first-order valence-electron chi connectivity index (χ1n) is 11.5. The van der Waals surface area contributed by atoms with Crippen molar-refractivity contribution in [3.63, 3.8) is 0 Å². The summed E-state index contributed by atoms with van der Waals surface area (Å²) in [5.74, 6) is 2.77. The summed E-state index contributed by atoms with van der Waals surface area (Å²) in [6.45, 7) is 4.25. The highest BCUT2D eigenvalue weighted by Crippen LogP contribution is 2.61. The largest absolute Gasteiger partial charge is 0.451 e. The Morgan fingerprint density at radius 1 is 1.21 bits per heavy atom. The molecule has 5 aliphatic carbocycles. The summed E-state index contributed by atoms with van der Waals surface area (Å²) >= 11 is 1.54. The SMILES string of the molecule is CC1CCc2sc(C(=O)OCC(=O)NC(C)C34CC5CC(CC(C5)C3)C4)cc2C1. The molecule has 1 heterocycles. The molecule has 4 saturated carbocycles. The molecule has 0 radical (unpaired) electrons. The van der Waals surface area contributed by atoms with Crippen molar-refractivity contribution in [2.45, 2.75) is 77.7 Å². The highest BCUT2D eigenvalue weighted by molar-refractivity contribution is 7.14. The molecule has 0 spiro atoms. The van der Waals surface area contributed by atoms with Gasteiger partial charge in [-0.15, -0.1) is 11.3 Å². The topological polar surface area (TPSA) is 55.4 Å². The van der Waals surface area contributed by atoms with Crippen LogP contribution in [0.3, 0.4) is 0 Å². The first-order chi connectivity index (χ1) is 13.9. The second kappa shape index (κ2) is 7.40. The second-order valence-electron chi connectivity index (χ2n) is 10.6. The number of nitrogens with one attached hydrogen (secondary N) is 1. The van der Waals surface area contributed by atoms with Crippen molar-refractivity contribution in [1.29, 1.82) is 0 Å². The number of thiophene rings is 1. The van der Waals surface area contributed by atoms with Crippen LogP contribution in [0.5, 0.6) is 0 Å². The van der Waals surface area contributed by atoms with Crippen molar-refractivity contribution in [1.82, 2.24) is 5.32 Å². The zero-order valence-corrected chi connectivity index (χ0v) is 18.5. The maximum Gasteiger partial charge on any atom is 0.348 e. The summed E-state index contributed by atoms with van der Waals surface area (Å²) < 4.78 is 5.37. The summed E-state index contributed by atoms with van der Waals surface area (Å²) in [4.78, 5) is 27.0. The first kappa shape index (κ1) is 19.6. The van der Waals surface area contributed by atoms with Crippen LogP contribution in [0.2, 0.25) is 0 Å². The molecule has 1 aromatic rings. The molecule has 0 saturated heterocycles. The van der Waals surface area contributed by atoms with Crippen LogP contribution in [0.4, 0.5) is 0 Å². The van der Waals surface area contributed by atoms with E-state index in [4.69, 9.17) is 4.74 Å². The van der Waals surface area contributed by atoms with Crippen molar-refractivity contribution in [3.05, 3.63) is 21.4 Å². The van der Waals surface area contributed by atoms with E-state index >= 15 is 0 Å². The van der Waals surface area contributed by atoms with Crippen LogP contribution < -0.4 is 5.32 Å².